The van der Waals surface area contributed by atoms with Crippen LogP contribution in [-0.4, -0.2) is 59.6 Å². The van der Waals surface area contributed by atoms with Crippen molar-refractivity contribution in [1.29, 1.82) is 5.26 Å². The summed E-state index contributed by atoms with van der Waals surface area (Å²) in [5.74, 6) is -0.414. The molecule has 1 aliphatic rings. The van der Waals surface area contributed by atoms with E-state index in [1.54, 1.807) is 24.3 Å². The Morgan fingerprint density at radius 1 is 1.36 bits per heavy atom. The van der Waals surface area contributed by atoms with Gasteiger partial charge in [0.25, 0.3) is 5.91 Å². The van der Waals surface area contributed by atoms with Gasteiger partial charge in [0, 0.05) is 31.6 Å². The van der Waals surface area contributed by atoms with E-state index in [0.29, 0.717) is 11.3 Å². The summed E-state index contributed by atoms with van der Waals surface area (Å²) in [6, 6.07) is 8.34. The van der Waals surface area contributed by atoms with Crippen molar-refractivity contribution in [3.05, 3.63) is 42.5 Å². The van der Waals surface area contributed by atoms with Gasteiger partial charge < -0.3 is 14.7 Å². The second-order valence-electron chi connectivity index (χ2n) is 6.63. The summed E-state index contributed by atoms with van der Waals surface area (Å²) in [5.41, 5.74) is -0.903. The first kappa shape index (κ1) is 21.0. The first-order valence-corrected chi connectivity index (χ1v) is 8.84. The molecule has 0 radical (unpaired) electrons. The normalized spacial score (nSPS) is 19.5. The van der Waals surface area contributed by atoms with Crippen LogP contribution in [0.15, 0.2) is 36.9 Å². The van der Waals surface area contributed by atoms with Crippen molar-refractivity contribution >= 4 is 17.9 Å². The predicted octanol–water partition coefficient (Wildman–Crippen LogP) is 2.52. The molecule has 1 atom stereocenters. The number of carbonyl (C=O) groups excluding carboxylic acids is 2. The minimum Gasteiger partial charge on any atom is -0.497 e. The second kappa shape index (κ2) is 9.04. The van der Waals surface area contributed by atoms with Gasteiger partial charge >= 0.3 is 6.09 Å². The summed E-state index contributed by atoms with van der Waals surface area (Å²) in [7, 11) is 1.51. The molecule has 3 amide bonds. The molecule has 8 heteroatoms. The number of hydrogen-bond donors (Lipinski definition) is 1. The zero-order valence-corrected chi connectivity index (χ0v) is 15.8. The van der Waals surface area contributed by atoms with Gasteiger partial charge in [0.15, 0.2) is 0 Å². The Balaban J connectivity index is 2.43. The van der Waals surface area contributed by atoms with Gasteiger partial charge in [0.1, 0.15) is 5.75 Å². The summed E-state index contributed by atoms with van der Waals surface area (Å²) in [4.78, 5) is 40.2. The van der Waals surface area contributed by atoms with Gasteiger partial charge in [-0.2, -0.15) is 5.26 Å². The Labute approximate surface area is 163 Å². The van der Waals surface area contributed by atoms with Crippen LogP contribution in [0.2, 0.25) is 0 Å². The smallest absolute Gasteiger partial charge is 0.407 e. The molecule has 1 saturated heterocycles. The van der Waals surface area contributed by atoms with Gasteiger partial charge in [-0.1, -0.05) is 6.08 Å². The van der Waals surface area contributed by atoms with Crippen LogP contribution in [0.1, 0.15) is 29.6 Å². The molecule has 1 aliphatic heterocycles. The molecule has 1 aromatic rings. The van der Waals surface area contributed by atoms with Gasteiger partial charge in [-0.15, -0.1) is 6.58 Å². The molecule has 0 spiro atoms. The van der Waals surface area contributed by atoms with Crippen molar-refractivity contribution in [2.75, 3.05) is 26.7 Å². The number of ether oxygens (including phenoxy) is 1. The maximum absolute atomic E-state index is 13.4. The maximum atomic E-state index is 13.4. The predicted molar refractivity (Wildman–Crippen MR) is 101 cm³/mol. The fraction of sp³-hybridized carbons (Fsp3) is 0.400. The largest absolute Gasteiger partial charge is 0.497 e. The monoisotopic (exact) mass is 385 g/mol. The number of methoxy groups -OCH3 is 1. The van der Waals surface area contributed by atoms with Crippen LogP contribution >= 0.6 is 0 Å². The first-order chi connectivity index (χ1) is 13.4. The van der Waals surface area contributed by atoms with E-state index in [4.69, 9.17) is 10.00 Å². The van der Waals surface area contributed by atoms with Crippen molar-refractivity contribution in [1.82, 2.24) is 9.80 Å². The van der Waals surface area contributed by atoms with Crippen molar-refractivity contribution in [2.24, 2.45) is 5.41 Å². The SMILES string of the molecule is C=CC[C@]1(CCC#N)CN(C(=O)O)CCN(C(=O)c2ccc(OC)cc2)C1=O. The molecule has 8 nitrogen and oxygen atoms in total. The number of hydrogen-bond acceptors (Lipinski definition) is 5. The van der Waals surface area contributed by atoms with E-state index >= 15 is 0 Å². The van der Waals surface area contributed by atoms with Gasteiger partial charge in [-0.3, -0.25) is 14.5 Å². The van der Waals surface area contributed by atoms with E-state index in [2.05, 4.69) is 6.58 Å². The average Bonchev–Trinajstić information content (AvgIpc) is 2.84. The third-order valence-electron chi connectivity index (χ3n) is 4.89. The number of nitriles is 1. The molecule has 2 rings (SSSR count). The lowest BCUT2D eigenvalue weighted by atomic mass is 9.78. The Bertz CT molecular complexity index is 799. The molecule has 28 heavy (non-hydrogen) atoms. The highest BCUT2D eigenvalue weighted by molar-refractivity contribution is 6.06. The molecular weight excluding hydrogens is 362 g/mol. The van der Waals surface area contributed by atoms with E-state index < -0.39 is 23.3 Å². The average molecular weight is 385 g/mol. The van der Waals surface area contributed by atoms with E-state index in [-0.39, 0.29) is 38.9 Å². The highest BCUT2D eigenvalue weighted by Crippen LogP contribution is 2.35. The summed E-state index contributed by atoms with van der Waals surface area (Å²) in [6.07, 6.45) is 0.736. The lowest BCUT2D eigenvalue weighted by Crippen LogP contribution is -2.48. The standard InChI is InChI=1S/C20H23N3O5/c1-3-9-20(10-4-11-21)14-22(19(26)27)12-13-23(18(20)25)17(24)15-5-7-16(28-2)8-6-15/h3,5-8H,1,4,9-10,12-14H2,2H3,(H,26,27)/t20-/m0/s1. The Morgan fingerprint density at radius 2 is 2.04 bits per heavy atom. The molecule has 1 aromatic carbocycles. The van der Waals surface area contributed by atoms with Crippen molar-refractivity contribution in [3.63, 3.8) is 0 Å². The number of benzene rings is 1. The number of imide groups is 1. The third kappa shape index (κ3) is 4.31. The van der Waals surface area contributed by atoms with Gasteiger partial charge in [0.2, 0.25) is 5.91 Å². The zero-order chi connectivity index (χ0) is 20.7. The quantitative estimate of drug-likeness (QED) is 0.595. The van der Waals surface area contributed by atoms with Gasteiger partial charge in [0.05, 0.1) is 18.6 Å². The first-order valence-electron chi connectivity index (χ1n) is 8.84. The third-order valence-corrected chi connectivity index (χ3v) is 4.89. The molecule has 0 bridgehead atoms. The number of carboxylic acid groups (broad SMARTS) is 1. The number of amides is 3. The molecule has 0 unspecified atom stereocenters. The van der Waals surface area contributed by atoms with Crippen molar-refractivity contribution in [2.45, 2.75) is 19.3 Å². The molecule has 148 valence electrons. The summed E-state index contributed by atoms with van der Waals surface area (Å²) in [6.45, 7) is 3.54. The molecule has 0 aliphatic carbocycles. The zero-order valence-electron chi connectivity index (χ0n) is 15.8. The van der Waals surface area contributed by atoms with E-state index in [1.165, 1.54) is 13.2 Å². The Kier molecular flexibility index (Phi) is 6.77. The van der Waals surface area contributed by atoms with E-state index in [9.17, 15) is 19.5 Å². The van der Waals surface area contributed by atoms with E-state index in [1.807, 2.05) is 6.07 Å². The fourth-order valence-electron chi connectivity index (χ4n) is 3.38. The van der Waals surface area contributed by atoms with Crippen LogP contribution in [0, 0.1) is 16.7 Å². The highest BCUT2D eigenvalue weighted by Gasteiger charge is 2.46. The molecule has 1 N–H and O–H groups in total. The van der Waals surface area contributed by atoms with Crippen molar-refractivity contribution < 1.29 is 24.2 Å². The Hall–Kier alpha value is -3.34. The van der Waals surface area contributed by atoms with Gasteiger partial charge in [-0.25, -0.2) is 4.79 Å². The summed E-state index contributed by atoms with van der Waals surface area (Å²) < 4.78 is 5.08. The van der Waals surface area contributed by atoms with Crippen LogP contribution < -0.4 is 4.74 Å². The summed E-state index contributed by atoms with van der Waals surface area (Å²) >= 11 is 0. The van der Waals surface area contributed by atoms with Crippen molar-refractivity contribution in [3.8, 4) is 11.8 Å². The molecular formula is C20H23N3O5. The fourth-order valence-corrected chi connectivity index (χ4v) is 3.38. The number of allylic oxidation sites excluding steroid dienone is 1. The number of rotatable bonds is 6. The van der Waals surface area contributed by atoms with Crippen LogP contribution in [0.25, 0.3) is 0 Å². The maximum Gasteiger partial charge on any atom is 0.407 e. The highest BCUT2D eigenvalue weighted by atomic mass is 16.5. The number of nitrogens with zero attached hydrogens (tertiary/aromatic N) is 3. The molecule has 0 saturated carbocycles. The lowest BCUT2D eigenvalue weighted by Gasteiger charge is -2.34. The van der Waals surface area contributed by atoms with Crippen LogP contribution in [0.4, 0.5) is 4.79 Å². The van der Waals surface area contributed by atoms with Gasteiger partial charge in [-0.05, 0) is 37.1 Å². The van der Waals surface area contributed by atoms with E-state index in [0.717, 1.165) is 9.80 Å². The number of carbonyl (C=O) groups is 3. The molecule has 1 fully saturated rings. The second-order valence-corrected chi connectivity index (χ2v) is 6.63. The van der Waals surface area contributed by atoms with Crippen LogP contribution in [0.3, 0.4) is 0 Å². The topological polar surface area (TPSA) is 111 Å². The summed E-state index contributed by atoms with van der Waals surface area (Å²) in [5, 5.41) is 18.5. The lowest BCUT2D eigenvalue weighted by molar-refractivity contribution is -0.138. The minimum absolute atomic E-state index is 0.00835. The Morgan fingerprint density at radius 3 is 2.57 bits per heavy atom. The molecule has 0 aromatic heterocycles. The van der Waals surface area contributed by atoms with Crippen LogP contribution in [0.5, 0.6) is 5.75 Å². The minimum atomic E-state index is -1.20. The van der Waals surface area contributed by atoms with Crippen LogP contribution in [-0.2, 0) is 4.79 Å². The molecule has 1 heterocycles.